The average Bonchev–Trinajstić information content (AvgIpc) is 2.37. The van der Waals surface area contributed by atoms with Crippen molar-refractivity contribution in [3.05, 3.63) is 29.8 Å². The van der Waals surface area contributed by atoms with Crippen LogP contribution in [-0.4, -0.2) is 36.8 Å². The number of likely N-dealkylation sites (N-methyl/N-ethyl adjacent to an activating group) is 1. The Morgan fingerprint density at radius 1 is 1.37 bits per heavy atom. The molecule has 0 heterocycles. The predicted octanol–water partition coefficient (Wildman–Crippen LogP) is 2.27. The standard InChI is InChI=1S/C15H24N2O2/c1-5-16-15(3,14(18)19)10-11-17(4)13-8-6-12(2)7-9-13/h6-9,16H,5,10-11H2,1-4H3,(H,18,19). The predicted molar refractivity (Wildman–Crippen MR) is 78.8 cm³/mol. The average molecular weight is 264 g/mol. The van der Waals surface area contributed by atoms with Crippen LogP contribution in [0.25, 0.3) is 0 Å². The second kappa shape index (κ2) is 6.57. The molecule has 0 spiro atoms. The van der Waals surface area contributed by atoms with Crippen LogP contribution in [0.2, 0.25) is 0 Å². The van der Waals surface area contributed by atoms with Gasteiger partial charge in [0.1, 0.15) is 5.54 Å². The van der Waals surface area contributed by atoms with Crippen molar-refractivity contribution in [2.45, 2.75) is 32.7 Å². The zero-order valence-electron chi connectivity index (χ0n) is 12.2. The lowest BCUT2D eigenvalue weighted by Gasteiger charge is -2.29. The fraction of sp³-hybridized carbons (Fsp3) is 0.533. The van der Waals surface area contributed by atoms with Gasteiger partial charge in [0, 0.05) is 19.3 Å². The van der Waals surface area contributed by atoms with Gasteiger partial charge in [0.2, 0.25) is 0 Å². The van der Waals surface area contributed by atoms with E-state index in [1.807, 2.05) is 14.0 Å². The minimum absolute atomic E-state index is 0.556. The van der Waals surface area contributed by atoms with E-state index in [-0.39, 0.29) is 0 Å². The van der Waals surface area contributed by atoms with Crippen LogP contribution in [0.1, 0.15) is 25.8 Å². The van der Waals surface area contributed by atoms with Crippen molar-refractivity contribution in [2.24, 2.45) is 0 Å². The minimum atomic E-state index is -0.867. The number of aliphatic carboxylic acids is 1. The van der Waals surface area contributed by atoms with Crippen LogP contribution < -0.4 is 10.2 Å². The maximum Gasteiger partial charge on any atom is 0.323 e. The van der Waals surface area contributed by atoms with E-state index in [9.17, 15) is 9.90 Å². The van der Waals surface area contributed by atoms with Crippen LogP contribution in [0, 0.1) is 6.92 Å². The number of nitrogens with zero attached hydrogens (tertiary/aromatic N) is 1. The molecular weight excluding hydrogens is 240 g/mol. The van der Waals surface area contributed by atoms with E-state index in [0.717, 1.165) is 5.69 Å². The van der Waals surface area contributed by atoms with Crippen LogP contribution in [0.4, 0.5) is 5.69 Å². The molecule has 4 heteroatoms. The molecule has 0 bridgehead atoms. The van der Waals surface area contributed by atoms with Gasteiger partial charge < -0.3 is 15.3 Å². The van der Waals surface area contributed by atoms with E-state index >= 15 is 0 Å². The molecule has 0 radical (unpaired) electrons. The van der Waals surface area contributed by atoms with Crippen molar-refractivity contribution < 1.29 is 9.90 Å². The third kappa shape index (κ3) is 4.24. The quantitative estimate of drug-likeness (QED) is 0.793. The van der Waals surface area contributed by atoms with Crippen molar-refractivity contribution in [1.82, 2.24) is 5.32 Å². The molecule has 2 N–H and O–H groups in total. The summed E-state index contributed by atoms with van der Waals surface area (Å²) in [6.45, 7) is 7.05. The molecule has 1 unspecified atom stereocenters. The van der Waals surface area contributed by atoms with Gasteiger partial charge in [-0.25, -0.2) is 0 Å². The van der Waals surface area contributed by atoms with Gasteiger partial charge in [0.05, 0.1) is 0 Å². The number of benzene rings is 1. The van der Waals surface area contributed by atoms with Crippen LogP contribution >= 0.6 is 0 Å². The molecule has 0 aromatic heterocycles. The van der Waals surface area contributed by atoms with Crippen molar-refractivity contribution >= 4 is 11.7 Å². The number of carboxylic acids is 1. The first-order valence-corrected chi connectivity index (χ1v) is 6.65. The summed E-state index contributed by atoms with van der Waals surface area (Å²) in [5, 5.41) is 12.4. The van der Waals surface area contributed by atoms with Gasteiger partial charge >= 0.3 is 5.97 Å². The summed E-state index contributed by atoms with van der Waals surface area (Å²) >= 11 is 0. The van der Waals surface area contributed by atoms with E-state index in [2.05, 4.69) is 41.4 Å². The second-order valence-electron chi connectivity index (χ2n) is 5.17. The number of carboxylic acid groups (broad SMARTS) is 1. The number of anilines is 1. The van der Waals surface area contributed by atoms with Gasteiger partial charge in [-0.3, -0.25) is 4.79 Å². The van der Waals surface area contributed by atoms with Gasteiger partial charge in [-0.1, -0.05) is 24.6 Å². The van der Waals surface area contributed by atoms with Crippen LogP contribution in [0.3, 0.4) is 0 Å². The number of rotatable bonds is 7. The Morgan fingerprint density at radius 2 is 1.95 bits per heavy atom. The topological polar surface area (TPSA) is 52.6 Å². The first-order valence-electron chi connectivity index (χ1n) is 6.65. The van der Waals surface area contributed by atoms with Crippen LogP contribution in [0.5, 0.6) is 0 Å². The number of hydrogen-bond donors (Lipinski definition) is 2. The Hall–Kier alpha value is -1.55. The Kier molecular flexibility index (Phi) is 5.36. The summed E-state index contributed by atoms with van der Waals surface area (Å²) in [5.41, 5.74) is 1.46. The zero-order chi connectivity index (χ0) is 14.5. The van der Waals surface area contributed by atoms with E-state index in [1.54, 1.807) is 6.92 Å². The molecule has 0 fully saturated rings. The van der Waals surface area contributed by atoms with Gasteiger partial charge in [0.25, 0.3) is 0 Å². The molecule has 0 amide bonds. The van der Waals surface area contributed by atoms with Crippen molar-refractivity contribution in [3.63, 3.8) is 0 Å². The Balaban J connectivity index is 2.64. The second-order valence-corrected chi connectivity index (χ2v) is 5.17. The lowest BCUT2D eigenvalue weighted by atomic mass is 9.97. The smallest absolute Gasteiger partial charge is 0.323 e. The Morgan fingerprint density at radius 3 is 2.42 bits per heavy atom. The van der Waals surface area contributed by atoms with Gasteiger partial charge in [-0.05, 0) is 38.9 Å². The monoisotopic (exact) mass is 264 g/mol. The van der Waals surface area contributed by atoms with Gasteiger partial charge in [-0.15, -0.1) is 0 Å². The van der Waals surface area contributed by atoms with Crippen LogP contribution in [-0.2, 0) is 4.79 Å². The molecule has 0 aliphatic carbocycles. The van der Waals surface area contributed by atoms with E-state index in [1.165, 1.54) is 5.56 Å². The molecule has 4 nitrogen and oxygen atoms in total. The molecule has 0 aliphatic heterocycles. The van der Waals surface area contributed by atoms with Crippen molar-refractivity contribution in [3.8, 4) is 0 Å². The molecule has 1 aromatic rings. The third-order valence-corrected chi connectivity index (χ3v) is 3.46. The summed E-state index contributed by atoms with van der Waals surface area (Å²) in [6, 6.07) is 8.24. The van der Waals surface area contributed by atoms with Gasteiger partial charge in [0.15, 0.2) is 0 Å². The maximum atomic E-state index is 11.3. The molecule has 1 aromatic carbocycles. The molecule has 0 aliphatic rings. The highest BCUT2D eigenvalue weighted by Crippen LogP contribution is 2.17. The van der Waals surface area contributed by atoms with E-state index < -0.39 is 11.5 Å². The largest absolute Gasteiger partial charge is 0.480 e. The van der Waals surface area contributed by atoms with Crippen LogP contribution in [0.15, 0.2) is 24.3 Å². The number of nitrogens with one attached hydrogen (secondary N) is 1. The van der Waals surface area contributed by atoms with E-state index in [4.69, 9.17) is 0 Å². The number of hydrogen-bond acceptors (Lipinski definition) is 3. The molecule has 0 saturated carbocycles. The molecule has 1 rings (SSSR count). The fourth-order valence-corrected chi connectivity index (χ4v) is 1.98. The summed E-state index contributed by atoms with van der Waals surface area (Å²) < 4.78 is 0. The highest BCUT2D eigenvalue weighted by atomic mass is 16.4. The summed E-state index contributed by atoms with van der Waals surface area (Å²) in [4.78, 5) is 13.4. The molecule has 106 valence electrons. The SMILES string of the molecule is CCNC(C)(CCN(C)c1ccc(C)cc1)C(=O)O. The fourth-order valence-electron chi connectivity index (χ4n) is 1.98. The number of carbonyl (C=O) groups is 1. The lowest BCUT2D eigenvalue weighted by molar-refractivity contribution is -0.144. The molecular formula is C15H24N2O2. The first-order chi connectivity index (χ1) is 8.89. The van der Waals surface area contributed by atoms with Gasteiger partial charge in [-0.2, -0.15) is 0 Å². The zero-order valence-corrected chi connectivity index (χ0v) is 12.2. The Labute approximate surface area is 115 Å². The first kappa shape index (κ1) is 15.5. The molecule has 19 heavy (non-hydrogen) atoms. The summed E-state index contributed by atoms with van der Waals surface area (Å²) in [6.07, 6.45) is 0.556. The maximum absolute atomic E-state index is 11.3. The van der Waals surface area contributed by atoms with E-state index in [0.29, 0.717) is 19.5 Å². The minimum Gasteiger partial charge on any atom is -0.480 e. The lowest BCUT2D eigenvalue weighted by Crippen LogP contribution is -2.51. The van der Waals surface area contributed by atoms with Crippen molar-refractivity contribution in [2.75, 3.05) is 25.0 Å². The summed E-state index contributed by atoms with van der Waals surface area (Å²) in [5.74, 6) is -0.799. The highest BCUT2D eigenvalue weighted by molar-refractivity contribution is 5.78. The normalized spacial score (nSPS) is 13.9. The molecule has 0 saturated heterocycles. The third-order valence-electron chi connectivity index (χ3n) is 3.46. The molecule has 1 atom stereocenters. The Bertz CT molecular complexity index is 417. The number of aryl methyl sites for hydroxylation is 1. The summed E-state index contributed by atoms with van der Waals surface area (Å²) in [7, 11) is 1.99. The van der Waals surface area contributed by atoms with Crippen molar-refractivity contribution in [1.29, 1.82) is 0 Å². The highest BCUT2D eigenvalue weighted by Gasteiger charge is 2.31.